The van der Waals surface area contributed by atoms with Gasteiger partial charge in [-0.1, -0.05) is 48.5 Å². The van der Waals surface area contributed by atoms with Crippen LogP contribution in [-0.2, 0) is 11.3 Å². The number of likely N-dealkylation sites (N-methyl/N-ethyl adjacent to an activating group) is 1. The number of rotatable bonds is 5. The lowest BCUT2D eigenvalue weighted by molar-refractivity contribution is -0.125. The third-order valence-corrected chi connectivity index (χ3v) is 4.01. The second kappa shape index (κ2) is 6.67. The summed E-state index contributed by atoms with van der Waals surface area (Å²) in [6.07, 6.45) is 1.96. The maximum absolute atomic E-state index is 12.7. The summed E-state index contributed by atoms with van der Waals surface area (Å²) in [7, 11) is 3.84. The average molecular weight is 307 g/mol. The highest BCUT2D eigenvalue weighted by Gasteiger charge is 2.22. The van der Waals surface area contributed by atoms with Gasteiger partial charge in [-0.15, -0.1) is 0 Å². The lowest BCUT2D eigenvalue weighted by atomic mass is 10.1. The first-order chi connectivity index (χ1) is 11.2. The molecule has 0 saturated carbocycles. The summed E-state index contributed by atoms with van der Waals surface area (Å²) in [4.78, 5) is 17.8. The molecule has 1 aromatic heterocycles. The van der Waals surface area contributed by atoms with Gasteiger partial charge >= 0.3 is 0 Å². The lowest BCUT2D eigenvalue weighted by Gasteiger charge is -2.23. The summed E-state index contributed by atoms with van der Waals surface area (Å²) in [6, 6.07) is 17.7. The number of nitrogens with zero attached hydrogens (tertiary/aromatic N) is 1. The zero-order chi connectivity index (χ0) is 16.2. The first-order valence-corrected chi connectivity index (χ1v) is 7.71. The minimum Gasteiger partial charge on any atom is -0.361 e. The number of carbonyl (C=O) groups is 1. The number of carbonyl (C=O) groups excluding carboxylic acids is 1. The maximum Gasteiger partial charge on any atom is 0.242 e. The van der Waals surface area contributed by atoms with Crippen LogP contribution in [0.15, 0.2) is 60.8 Å². The standard InChI is InChI=1S/C19H21N3O/c1-22(2)18(14-8-4-3-5-9-14)19(23)21-13-15-12-20-17-11-7-6-10-16(15)17/h3-12,18,20H,13H2,1-2H3,(H,21,23). The van der Waals surface area contributed by atoms with Crippen molar-refractivity contribution in [2.45, 2.75) is 12.6 Å². The fourth-order valence-corrected chi connectivity index (χ4v) is 2.88. The van der Waals surface area contributed by atoms with Gasteiger partial charge in [0.25, 0.3) is 0 Å². The van der Waals surface area contributed by atoms with Crippen LogP contribution in [0.5, 0.6) is 0 Å². The van der Waals surface area contributed by atoms with E-state index in [0.29, 0.717) is 6.54 Å². The van der Waals surface area contributed by atoms with Crippen LogP contribution in [0.1, 0.15) is 17.2 Å². The fraction of sp³-hybridized carbons (Fsp3) is 0.211. The quantitative estimate of drug-likeness (QED) is 0.761. The van der Waals surface area contributed by atoms with Gasteiger partial charge < -0.3 is 10.3 Å². The molecule has 23 heavy (non-hydrogen) atoms. The van der Waals surface area contributed by atoms with Gasteiger partial charge in [-0.2, -0.15) is 0 Å². The second-order valence-corrected chi connectivity index (χ2v) is 5.85. The molecule has 4 nitrogen and oxygen atoms in total. The predicted octanol–water partition coefficient (Wildman–Crippen LogP) is 3.09. The van der Waals surface area contributed by atoms with E-state index in [1.54, 1.807) is 0 Å². The molecule has 0 saturated heterocycles. The summed E-state index contributed by atoms with van der Waals surface area (Å²) in [5.74, 6) is 0.00600. The van der Waals surface area contributed by atoms with Gasteiger partial charge in [0.15, 0.2) is 0 Å². The first-order valence-electron chi connectivity index (χ1n) is 7.71. The normalized spacial score (nSPS) is 12.5. The third kappa shape index (κ3) is 3.27. The van der Waals surface area contributed by atoms with Gasteiger partial charge in [0, 0.05) is 23.6 Å². The predicted molar refractivity (Wildman–Crippen MR) is 93.0 cm³/mol. The zero-order valence-electron chi connectivity index (χ0n) is 13.4. The molecule has 3 rings (SSSR count). The second-order valence-electron chi connectivity index (χ2n) is 5.85. The van der Waals surface area contributed by atoms with E-state index in [2.05, 4.69) is 16.4 Å². The number of H-pyrrole nitrogens is 1. The molecule has 1 amide bonds. The topological polar surface area (TPSA) is 48.1 Å². The largest absolute Gasteiger partial charge is 0.361 e. The number of amides is 1. The Morgan fingerprint density at radius 3 is 2.52 bits per heavy atom. The number of fused-ring (bicyclic) bond motifs is 1. The van der Waals surface area contributed by atoms with E-state index in [1.807, 2.05) is 73.7 Å². The van der Waals surface area contributed by atoms with Gasteiger partial charge in [-0.05, 0) is 31.3 Å². The Morgan fingerprint density at radius 1 is 1.09 bits per heavy atom. The van der Waals surface area contributed by atoms with Crippen molar-refractivity contribution >= 4 is 16.8 Å². The molecule has 0 aliphatic heterocycles. The van der Waals surface area contributed by atoms with Gasteiger partial charge in [0.05, 0.1) is 0 Å². The van der Waals surface area contributed by atoms with E-state index < -0.39 is 0 Å². The molecule has 0 radical (unpaired) electrons. The minimum absolute atomic E-state index is 0.00600. The summed E-state index contributed by atoms with van der Waals surface area (Å²) in [5.41, 5.74) is 3.18. The van der Waals surface area contributed by atoms with Crippen molar-refractivity contribution in [1.29, 1.82) is 0 Å². The number of hydrogen-bond donors (Lipinski definition) is 2. The molecule has 0 aliphatic carbocycles. The van der Waals surface area contributed by atoms with Gasteiger partial charge in [-0.3, -0.25) is 9.69 Å². The van der Waals surface area contributed by atoms with E-state index in [4.69, 9.17) is 0 Å². The molecule has 3 aromatic rings. The molecule has 2 N–H and O–H groups in total. The van der Waals surface area contributed by atoms with Crippen LogP contribution in [-0.4, -0.2) is 29.9 Å². The van der Waals surface area contributed by atoms with Crippen molar-refractivity contribution in [1.82, 2.24) is 15.2 Å². The number of hydrogen-bond acceptors (Lipinski definition) is 2. The Bertz CT molecular complexity index is 792. The van der Waals surface area contributed by atoms with Crippen molar-refractivity contribution in [3.63, 3.8) is 0 Å². The van der Waals surface area contributed by atoms with Crippen LogP contribution in [0, 0.1) is 0 Å². The number of nitrogens with one attached hydrogen (secondary N) is 2. The van der Waals surface area contributed by atoms with E-state index in [9.17, 15) is 4.79 Å². The molecule has 2 aromatic carbocycles. The highest BCUT2D eigenvalue weighted by molar-refractivity contribution is 5.85. The smallest absolute Gasteiger partial charge is 0.242 e. The number of para-hydroxylation sites is 1. The molecule has 4 heteroatoms. The molecule has 1 heterocycles. The van der Waals surface area contributed by atoms with Crippen LogP contribution in [0.25, 0.3) is 10.9 Å². The Hall–Kier alpha value is -2.59. The van der Waals surface area contributed by atoms with Crippen LogP contribution >= 0.6 is 0 Å². The van der Waals surface area contributed by atoms with E-state index in [1.165, 1.54) is 0 Å². The van der Waals surface area contributed by atoms with E-state index in [0.717, 1.165) is 22.0 Å². The van der Waals surface area contributed by atoms with Crippen molar-refractivity contribution in [2.75, 3.05) is 14.1 Å². The Kier molecular flexibility index (Phi) is 4.44. The fourth-order valence-electron chi connectivity index (χ4n) is 2.88. The lowest BCUT2D eigenvalue weighted by Crippen LogP contribution is -2.36. The van der Waals surface area contributed by atoms with Crippen LogP contribution < -0.4 is 5.32 Å². The highest BCUT2D eigenvalue weighted by atomic mass is 16.2. The monoisotopic (exact) mass is 307 g/mol. The summed E-state index contributed by atoms with van der Waals surface area (Å²) in [6.45, 7) is 0.514. The SMILES string of the molecule is CN(C)C(C(=O)NCc1c[nH]c2ccccc12)c1ccccc1. The van der Waals surface area contributed by atoms with Crippen molar-refractivity contribution in [2.24, 2.45) is 0 Å². The molecule has 0 fully saturated rings. The van der Waals surface area contributed by atoms with Gasteiger partial charge in [0.1, 0.15) is 6.04 Å². The molecular weight excluding hydrogens is 286 g/mol. The van der Waals surface area contributed by atoms with E-state index >= 15 is 0 Å². The molecule has 0 spiro atoms. The summed E-state index contributed by atoms with van der Waals surface area (Å²) >= 11 is 0. The van der Waals surface area contributed by atoms with Crippen LogP contribution in [0.3, 0.4) is 0 Å². The molecule has 1 atom stereocenters. The number of aromatic amines is 1. The Balaban J connectivity index is 1.75. The molecule has 118 valence electrons. The zero-order valence-corrected chi connectivity index (χ0v) is 13.4. The maximum atomic E-state index is 12.7. The van der Waals surface area contributed by atoms with Crippen molar-refractivity contribution < 1.29 is 4.79 Å². The summed E-state index contributed by atoms with van der Waals surface area (Å²) in [5, 5.41) is 4.20. The first kappa shape index (κ1) is 15.3. The average Bonchev–Trinajstić information content (AvgIpc) is 2.97. The Morgan fingerprint density at radius 2 is 1.78 bits per heavy atom. The van der Waals surface area contributed by atoms with Crippen LogP contribution in [0.2, 0.25) is 0 Å². The van der Waals surface area contributed by atoms with Gasteiger partial charge in [0.2, 0.25) is 5.91 Å². The number of benzene rings is 2. The molecule has 0 bridgehead atoms. The van der Waals surface area contributed by atoms with Crippen molar-refractivity contribution in [3.05, 3.63) is 71.9 Å². The summed E-state index contributed by atoms with van der Waals surface area (Å²) < 4.78 is 0. The van der Waals surface area contributed by atoms with Crippen LogP contribution in [0.4, 0.5) is 0 Å². The Labute approximate surface area is 136 Å². The third-order valence-electron chi connectivity index (χ3n) is 4.01. The van der Waals surface area contributed by atoms with E-state index in [-0.39, 0.29) is 11.9 Å². The minimum atomic E-state index is -0.290. The number of aromatic nitrogens is 1. The van der Waals surface area contributed by atoms with Gasteiger partial charge in [-0.25, -0.2) is 0 Å². The molecular formula is C19H21N3O. The highest BCUT2D eigenvalue weighted by Crippen LogP contribution is 2.20. The molecule has 1 unspecified atom stereocenters. The molecule has 0 aliphatic rings. The van der Waals surface area contributed by atoms with Crippen molar-refractivity contribution in [3.8, 4) is 0 Å².